The third-order valence-electron chi connectivity index (χ3n) is 0.893. The summed E-state index contributed by atoms with van der Waals surface area (Å²) < 4.78 is 2.05. The first kappa shape index (κ1) is 7.66. The van der Waals surface area contributed by atoms with Crippen LogP contribution in [0.3, 0.4) is 0 Å². The van der Waals surface area contributed by atoms with E-state index in [4.69, 9.17) is 11.5 Å². The second-order valence-corrected chi connectivity index (χ2v) is 7.57. The van der Waals surface area contributed by atoms with Gasteiger partial charge in [-0.25, -0.2) is 0 Å². The molecule has 1 aromatic heterocycles. The predicted octanol–water partition coefficient (Wildman–Crippen LogP) is 1.43. The summed E-state index contributed by atoms with van der Waals surface area (Å²) in [7, 11) is 0. The molecule has 0 aliphatic rings. The van der Waals surface area contributed by atoms with Gasteiger partial charge in [0.2, 0.25) is 0 Å². The van der Waals surface area contributed by atoms with Crippen molar-refractivity contribution >= 4 is 57.7 Å². The van der Waals surface area contributed by atoms with Gasteiger partial charge in [0, 0.05) is 0 Å². The molecule has 0 aliphatic carbocycles. The number of nitrogen functional groups attached to an aromatic ring is 2. The zero-order chi connectivity index (χ0) is 7.02. The Labute approximate surface area is 75.6 Å². The molecule has 1 aromatic rings. The minimum atomic E-state index is 0.272. The van der Waals surface area contributed by atoms with Gasteiger partial charge in [-0.3, -0.25) is 0 Å². The van der Waals surface area contributed by atoms with Gasteiger partial charge in [0.15, 0.2) is 0 Å². The van der Waals surface area contributed by atoms with E-state index in [1.807, 2.05) is 0 Å². The molecule has 5 heteroatoms. The van der Waals surface area contributed by atoms with Crippen molar-refractivity contribution in [2.45, 2.75) is 0 Å². The Morgan fingerprint density at radius 1 is 1.00 bits per heavy atom. The van der Waals surface area contributed by atoms with Gasteiger partial charge in [-0.15, -0.1) is 0 Å². The Morgan fingerprint density at radius 3 is 1.44 bits per heavy atom. The number of hydrogen-bond donors (Lipinski definition) is 2. The van der Waals surface area contributed by atoms with E-state index >= 15 is 0 Å². The molecule has 0 atom stereocenters. The fourth-order valence-corrected chi connectivity index (χ4v) is 4.89. The van der Waals surface area contributed by atoms with Crippen LogP contribution in [-0.2, 0) is 0 Å². The van der Waals surface area contributed by atoms with Gasteiger partial charge in [0.05, 0.1) is 0 Å². The summed E-state index contributed by atoms with van der Waals surface area (Å²) in [5.41, 5.74) is 12.5. The van der Waals surface area contributed by atoms with Gasteiger partial charge in [-0.1, -0.05) is 0 Å². The first-order valence-electron chi connectivity index (χ1n) is 2.11. The molecule has 0 saturated heterocycles. The molecule has 0 aromatic carbocycles. The van der Waals surface area contributed by atoms with Crippen LogP contribution in [0.25, 0.3) is 0 Å². The van der Waals surface area contributed by atoms with Crippen LogP contribution in [0.4, 0.5) is 11.4 Å². The summed E-state index contributed by atoms with van der Waals surface area (Å²) in [5.74, 6) is 0. The third-order valence-corrected chi connectivity index (χ3v) is 5.10. The van der Waals surface area contributed by atoms with E-state index in [-0.39, 0.29) is 14.5 Å². The normalized spacial score (nSPS) is 10.0. The summed E-state index contributed by atoms with van der Waals surface area (Å²) in [6.07, 6.45) is 0. The van der Waals surface area contributed by atoms with E-state index < -0.39 is 0 Å². The van der Waals surface area contributed by atoms with Gasteiger partial charge in [-0.2, -0.15) is 0 Å². The van der Waals surface area contributed by atoms with Crippen LogP contribution >= 0.6 is 31.9 Å². The zero-order valence-corrected chi connectivity index (χ0v) is 9.20. The maximum absolute atomic E-state index is 5.55. The number of halogens is 2. The van der Waals surface area contributed by atoms with Crippen molar-refractivity contribution in [2.75, 3.05) is 11.5 Å². The van der Waals surface area contributed by atoms with Crippen molar-refractivity contribution in [3.05, 3.63) is 6.69 Å². The molecular formula is C4H4Br2N2Se. The molecule has 0 spiro atoms. The Balaban J connectivity index is 3.29. The molecule has 2 nitrogen and oxygen atoms in total. The first-order valence-corrected chi connectivity index (χ1v) is 5.41. The van der Waals surface area contributed by atoms with E-state index in [0.29, 0.717) is 11.4 Å². The van der Waals surface area contributed by atoms with Crippen LogP contribution in [0.1, 0.15) is 0 Å². The molecule has 0 unspecified atom stereocenters. The van der Waals surface area contributed by atoms with Crippen molar-refractivity contribution in [1.29, 1.82) is 0 Å². The van der Waals surface area contributed by atoms with Crippen LogP contribution in [0.5, 0.6) is 0 Å². The molecule has 0 aliphatic heterocycles. The second kappa shape index (κ2) is 2.66. The number of hydrogen-bond acceptors (Lipinski definition) is 2. The monoisotopic (exact) mass is 318 g/mol. The molecule has 0 bridgehead atoms. The molecule has 0 amide bonds. The van der Waals surface area contributed by atoms with Crippen LogP contribution < -0.4 is 11.5 Å². The Kier molecular flexibility index (Phi) is 2.27. The average molecular weight is 319 g/mol. The fraction of sp³-hybridized carbons (Fsp3) is 0. The Morgan fingerprint density at radius 2 is 1.33 bits per heavy atom. The summed E-state index contributed by atoms with van der Waals surface area (Å²) in [6, 6.07) is 0. The van der Waals surface area contributed by atoms with Crippen LogP contribution in [0.15, 0.2) is 6.69 Å². The van der Waals surface area contributed by atoms with Gasteiger partial charge in [0.25, 0.3) is 0 Å². The predicted molar refractivity (Wildman–Crippen MR) is 47.6 cm³/mol. The summed E-state index contributed by atoms with van der Waals surface area (Å²) in [4.78, 5) is 0. The Bertz CT molecular complexity index is 210. The zero-order valence-electron chi connectivity index (χ0n) is 4.32. The quantitative estimate of drug-likeness (QED) is 0.711. The molecule has 9 heavy (non-hydrogen) atoms. The molecule has 0 radical (unpaired) electrons. The minimum absolute atomic E-state index is 0.272. The topological polar surface area (TPSA) is 52.0 Å². The molecular weight excluding hydrogens is 315 g/mol. The summed E-state index contributed by atoms with van der Waals surface area (Å²) in [6.45, 7) is 0. The van der Waals surface area contributed by atoms with E-state index in [9.17, 15) is 0 Å². The number of rotatable bonds is 0. The van der Waals surface area contributed by atoms with Crippen LogP contribution in [0, 0.1) is 0 Å². The van der Waals surface area contributed by atoms with Crippen LogP contribution in [0.2, 0.25) is 0 Å². The number of anilines is 2. The van der Waals surface area contributed by atoms with Crippen LogP contribution in [-0.4, -0.2) is 14.5 Å². The second-order valence-electron chi connectivity index (χ2n) is 1.48. The average Bonchev–Trinajstić information content (AvgIpc) is 1.98. The molecule has 1 heterocycles. The molecule has 50 valence electrons. The van der Waals surface area contributed by atoms with Gasteiger partial charge < -0.3 is 0 Å². The standard InChI is InChI=1S/C4H4Br2N2Se/c5-3-1(7)2(8)4(6)9-3/h7-8H2. The third kappa shape index (κ3) is 1.34. The molecule has 1 rings (SSSR count). The van der Waals surface area contributed by atoms with Gasteiger partial charge in [-0.05, 0) is 0 Å². The van der Waals surface area contributed by atoms with Crippen molar-refractivity contribution in [1.82, 2.24) is 0 Å². The van der Waals surface area contributed by atoms with Crippen molar-refractivity contribution in [2.24, 2.45) is 0 Å². The molecule has 0 fully saturated rings. The van der Waals surface area contributed by atoms with E-state index in [1.54, 1.807) is 0 Å². The molecule has 4 N–H and O–H groups in total. The molecule has 0 saturated carbocycles. The van der Waals surface area contributed by atoms with Gasteiger partial charge >= 0.3 is 75.9 Å². The summed E-state index contributed by atoms with van der Waals surface area (Å²) >= 11 is 6.90. The maximum atomic E-state index is 5.55. The van der Waals surface area contributed by atoms with Crippen molar-refractivity contribution in [3.63, 3.8) is 0 Å². The summed E-state index contributed by atoms with van der Waals surface area (Å²) in [5, 5.41) is 0. The first-order chi connectivity index (χ1) is 4.13. The van der Waals surface area contributed by atoms with Crippen molar-refractivity contribution in [3.8, 4) is 0 Å². The van der Waals surface area contributed by atoms with E-state index in [2.05, 4.69) is 31.9 Å². The van der Waals surface area contributed by atoms with E-state index in [0.717, 1.165) is 6.69 Å². The number of nitrogens with two attached hydrogens (primary N) is 2. The van der Waals surface area contributed by atoms with Crippen molar-refractivity contribution < 1.29 is 0 Å². The van der Waals surface area contributed by atoms with Gasteiger partial charge in [0.1, 0.15) is 0 Å². The fourth-order valence-electron chi connectivity index (χ4n) is 0.400. The Hall–Kier alpha value is 0.559. The SMILES string of the molecule is Nc1c(Br)[se]c(Br)c1N. The van der Waals surface area contributed by atoms with E-state index in [1.165, 1.54) is 0 Å².